The summed E-state index contributed by atoms with van der Waals surface area (Å²) in [5.41, 5.74) is 1.91. The summed E-state index contributed by atoms with van der Waals surface area (Å²) >= 11 is 0. The van der Waals surface area contributed by atoms with E-state index in [1.165, 1.54) is 5.56 Å². The molecule has 0 aromatic heterocycles. The monoisotopic (exact) mass is 287 g/mol. The molecular weight excluding hydrogens is 263 g/mol. The van der Waals surface area contributed by atoms with Gasteiger partial charge in [0.2, 0.25) is 0 Å². The summed E-state index contributed by atoms with van der Waals surface area (Å²) in [6.45, 7) is 4.67. The first-order valence-electron chi connectivity index (χ1n) is 7.35. The maximum absolute atomic E-state index is 12.6. The van der Waals surface area contributed by atoms with Gasteiger partial charge in [-0.1, -0.05) is 44.5 Å². The lowest BCUT2D eigenvalue weighted by atomic mass is 10.00. The predicted molar refractivity (Wildman–Crippen MR) is 76.8 cm³/mol. The molecular formula is C16H24F3N. The van der Waals surface area contributed by atoms with Crippen LogP contribution in [0.3, 0.4) is 0 Å². The molecule has 20 heavy (non-hydrogen) atoms. The number of aryl methyl sites for hydroxylation is 1. The minimum Gasteiger partial charge on any atom is -0.310 e. The third-order valence-corrected chi connectivity index (χ3v) is 3.28. The van der Waals surface area contributed by atoms with Gasteiger partial charge in [-0.3, -0.25) is 0 Å². The standard InChI is InChI=1S/C16H24F3N/c1-3-5-6-13-7-9-14(10-8-13)15(20-11-4-2)12-16(17,18)19/h7-10,15,20H,3-6,11-12H2,1-2H3. The molecule has 0 aliphatic carbocycles. The van der Waals surface area contributed by atoms with E-state index >= 15 is 0 Å². The molecule has 0 spiro atoms. The number of benzene rings is 1. The van der Waals surface area contributed by atoms with Crippen molar-refractivity contribution in [3.8, 4) is 0 Å². The second-order valence-corrected chi connectivity index (χ2v) is 5.17. The van der Waals surface area contributed by atoms with Crippen LogP contribution >= 0.6 is 0 Å². The van der Waals surface area contributed by atoms with Gasteiger partial charge in [-0.15, -0.1) is 0 Å². The Morgan fingerprint density at radius 1 is 1.05 bits per heavy atom. The first-order chi connectivity index (χ1) is 9.46. The summed E-state index contributed by atoms with van der Waals surface area (Å²) in [6.07, 6.45) is -0.921. The molecule has 0 aliphatic rings. The average molecular weight is 287 g/mol. The van der Waals surface area contributed by atoms with Crippen LogP contribution in [0.5, 0.6) is 0 Å². The summed E-state index contributed by atoms with van der Waals surface area (Å²) < 4.78 is 37.9. The van der Waals surface area contributed by atoms with Crippen LogP contribution in [0.2, 0.25) is 0 Å². The molecule has 1 aromatic rings. The smallest absolute Gasteiger partial charge is 0.310 e. The van der Waals surface area contributed by atoms with Crippen molar-refractivity contribution in [2.45, 2.75) is 58.2 Å². The second-order valence-electron chi connectivity index (χ2n) is 5.17. The van der Waals surface area contributed by atoms with Crippen molar-refractivity contribution >= 4 is 0 Å². The molecule has 0 saturated carbocycles. The summed E-state index contributed by atoms with van der Waals surface area (Å²) in [5, 5.41) is 2.98. The molecule has 1 N–H and O–H groups in total. The SMILES string of the molecule is CCCCc1ccc(C(CC(F)(F)F)NCCC)cc1. The lowest BCUT2D eigenvalue weighted by molar-refractivity contribution is -0.140. The van der Waals surface area contributed by atoms with Crippen molar-refractivity contribution in [3.05, 3.63) is 35.4 Å². The molecule has 0 heterocycles. The third-order valence-electron chi connectivity index (χ3n) is 3.28. The van der Waals surface area contributed by atoms with E-state index in [0.717, 1.165) is 31.2 Å². The van der Waals surface area contributed by atoms with E-state index < -0.39 is 18.6 Å². The number of hydrogen-bond acceptors (Lipinski definition) is 1. The maximum Gasteiger partial charge on any atom is 0.390 e. The first kappa shape index (κ1) is 17.0. The highest BCUT2D eigenvalue weighted by atomic mass is 19.4. The van der Waals surface area contributed by atoms with Gasteiger partial charge in [-0.25, -0.2) is 0 Å². The Labute approximate surface area is 119 Å². The van der Waals surface area contributed by atoms with Gasteiger partial charge < -0.3 is 5.32 Å². The lowest BCUT2D eigenvalue weighted by Gasteiger charge is -2.21. The van der Waals surface area contributed by atoms with E-state index in [1.54, 1.807) is 0 Å². The van der Waals surface area contributed by atoms with Crippen molar-refractivity contribution in [1.29, 1.82) is 0 Å². The van der Waals surface area contributed by atoms with Crippen LogP contribution in [0.25, 0.3) is 0 Å². The molecule has 0 aliphatic heterocycles. The molecule has 4 heteroatoms. The molecule has 1 nitrogen and oxygen atoms in total. The van der Waals surface area contributed by atoms with Crippen molar-refractivity contribution in [3.63, 3.8) is 0 Å². The fourth-order valence-electron chi connectivity index (χ4n) is 2.16. The molecule has 1 atom stereocenters. The molecule has 1 unspecified atom stereocenters. The van der Waals surface area contributed by atoms with Crippen LogP contribution in [-0.2, 0) is 6.42 Å². The number of alkyl halides is 3. The van der Waals surface area contributed by atoms with Gasteiger partial charge in [-0.05, 0) is 36.9 Å². The van der Waals surface area contributed by atoms with Crippen molar-refractivity contribution in [1.82, 2.24) is 5.32 Å². The van der Waals surface area contributed by atoms with Crippen LogP contribution in [0.4, 0.5) is 13.2 Å². The van der Waals surface area contributed by atoms with Gasteiger partial charge >= 0.3 is 6.18 Å². The Bertz CT molecular complexity index is 370. The number of halogens is 3. The number of nitrogens with one attached hydrogen (secondary N) is 1. The fourth-order valence-corrected chi connectivity index (χ4v) is 2.16. The van der Waals surface area contributed by atoms with E-state index in [0.29, 0.717) is 6.54 Å². The van der Waals surface area contributed by atoms with E-state index in [1.807, 2.05) is 31.2 Å². The zero-order valence-electron chi connectivity index (χ0n) is 12.3. The highest BCUT2D eigenvalue weighted by Crippen LogP contribution is 2.29. The van der Waals surface area contributed by atoms with Gasteiger partial charge in [0.25, 0.3) is 0 Å². The Morgan fingerprint density at radius 2 is 1.70 bits per heavy atom. The van der Waals surface area contributed by atoms with Crippen LogP contribution in [-0.4, -0.2) is 12.7 Å². The Morgan fingerprint density at radius 3 is 2.20 bits per heavy atom. The molecule has 0 saturated heterocycles. The predicted octanol–water partition coefficient (Wildman–Crippen LogP) is 5.02. The summed E-state index contributed by atoms with van der Waals surface area (Å²) in [5.74, 6) is 0. The number of hydrogen-bond donors (Lipinski definition) is 1. The van der Waals surface area contributed by atoms with Crippen LogP contribution in [0.15, 0.2) is 24.3 Å². The van der Waals surface area contributed by atoms with E-state index in [2.05, 4.69) is 12.2 Å². The summed E-state index contributed by atoms with van der Waals surface area (Å²) in [6, 6.07) is 6.90. The molecule has 114 valence electrons. The van der Waals surface area contributed by atoms with Gasteiger partial charge in [0, 0.05) is 6.04 Å². The zero-order chi connectivity index (χ0) is 15.0. The molecule has 0 fully saturated rings. The third kappa shape index (κ3) is 6.42. The van der Waals surface area contributed by atoms with E-state index in [4.69, 9.17) is 0 Å². The average Bonchev–Trinajstić information content (AvgIpc) is 2.40. The normalized spacial score (nSPS) is 13.4. The second kappa shape index (κ2) is 8.30. The Balaban J connectivity index is 2.73. The summed E-state index contributed by atoms with van der Waals surface area (Å²) in [4.78, 5) is 0. The van der Waals surface area contributed by atoms with Crippen molar-refractivity contribution < 1.29 is 13.2 Å². The van der Waals surface area contributed by atoms with Crippen LogP contribution < -0.4 is 5.32 Å². The Kier molecular flexibility index (Phi) is 7.06. The van der Waals surface area contributed by atoms with Crippen molar-refractivity contribution in [2.24, 2.45) is 0 Å². The number of rotatable bonds is 8. The highest BCUT2D eigenvalue weighted by Gasteiger charge is 2.32. The minimum atomic E-state index is -4.15. The lowest BCUT2D eigenvalue weighted by Crippen LogP contribution is -2.27. The first-order valence-corrected chi connectivity index (χ1v) is 7.35. The highest BCUT2D eigenvalue weighted by molar-refractivity contribution is 5.25. The van der Waals surface area contributed by atoms with Gasteiger partial charge in [0.15, 0.2) is 0 Å². The molecule has 0 bridgehead atoms. The van der Waals surface area contributed by atoms with Crippen molar-refractivity contribution in [2.75, 3.05) is 6.54 Å². The number of unbranched alkanes of at least 4 members (excludes halogenated alkanes) is 1. The fraction of sp³-hybridized carbons (Fsp3) is 0.625. The van der Waals surface area contributed by atoms with E-state index in [9.17, 15) is 13.2 Å². The minimum absolute atomic E-state index is 0.596. The zero-order valence-corrected chi connectivity index (χ0v) is 12.3. The Hall–Kier alpha value is -1.03. The summed E-state index contributed by atoms with van der Waals surface area (Å²) in [7, 11) is 0. The molecule has 0 amide bonds. The van der Waals surface area contributed by atoms with Gasteiger partial charge in [0.05, 0.1) is 6.42 Å². The van der Waals surface area contributed by atoms with Gasteiger partial charge in [-0.2, -0.15) is 13.2 Å². The largest absolute Gasteiger partial charge is 0.390 e. The maximum atomic E-state index is 12.6. The molecule has 1 rings (SSSR count). The topological polar surface area (TPSA) is 12.0 Å². The molecule has 0 radical (unpaired) electrons. The van der Waals surface area contributed by atoms with E-state index in [-0.39, 0.29) is 0 Å². The van der Waals surface area contributed by atoms with Crippen LogP contribution in [0, 0.1) is 0 Å². The quantitative estimate of drug-likeness (QED) is 0.707. The van der Waals surface area contributed by atoms with Crippen LogP contribution in [0.1, 0.15) is 56.7 Å². The molecule has 1 aromatic carbocycles. The van der Waals surface area contributed by atoms with Gasteiger partial charge in [0.1, 0.15) is 0 Å².